The number of benzene rings is 2. The average molecular weight is 309 g/mol. The van der Waals surface area contributed by atoms with Crippen molar-refractivity contribution in [3.05, 3.63) is 47.5 Å². The van der Waals surface area contributed by atoms with Crippen LogP contribution < -0.4 is 15.2 Å². The van der Waals surface area contributed by atoms with Gasteiger partial charge in [0.25, 0.3) is 0 Å². The van der Waals surface area contributed by atoms with Crippen molar-refractivity contribution in [2.24, 2.45) is 5.73 Å². The highest BCUT2D eigenvalue weighted by Gasteiger charge is 2.33. The van der Waals surface area contributed by atoms with E-state index in [1.807, 2.05) is 0 Å². The van der Waals surface area contributed by atoms with E-state index in [9.17, 15) is 13.2 Å². The molecule has 0 bridgehead atoms. The van der Waals surface area contributed by atoms with Crippen LogP contribution in [0.15, 0.2) is 36.4 Å². The van der Waals surface area contributed by atoms with Crippen LogP contribution in [0.5, 0.6) is 11.5 Å². The van der Waals surface area contributed by atoms with Crippen LogP contribution in [-0.4, -0.2) is 13.2 Å². The molecule has 6 heteroatoms. The smallest absolute Gasteiger partial charge is 0.416 e. The van der Waals surface area contributed by atoms with Gasteiger partial charge < -0.3 is 15.2 Å². The molecule has 0 fully saturated rings. The molecule has 0 radical (unpaired) electrons. The third kappa shape index (κ3) is 2.74. The number of nitrogens with two attached hydrogens (primary N) is 1. The van der Waals surface area contributed by atoms with Gasteiger partial charge in [0.1, 0.15) is 13.2 Å². The summed E-state index contributed by atoms with van der Waals surface area (Å²) in [5.74, 6) is 1.14. The zero-order valence-electron chi connectivity index (χ0n) is 11.6. The van der Waals surface area contributed by atoms with Gasteiger partial charge in [-0.3, -0.25) is 0 Å². The summed E-state index contributed by atoms with van der Waals surface area (Å²) in [6.45, 7) is 0.738. The van der Waals surface area contributed by atoms with Crippen LogP contribution in [0.1, 0.15) is 11.1 Å². The predicted octanol–water partition coefficient (Wildman–Crippen LogP) is 3.60. The van der Waals surface area contributed by atoms with Gasteiger partial charge in [-0.05, 0) is 34.9 Å². The lowest BCUT2D eigenvalue weighted by atomic mass is 9.98. The van der Waals surface area contributed by atoms with E-state index in [1.165, 1.54) is 6.07 Å². The van der Waals surface area contributed by atoms with E-state index >= 15 is 0 Å². The van der Waals surface area contributed by atoms with Crippen molar-refractivity contribution in [3.63, 3.8) is 0 Å². The first-order valence-electron chi connectivity index (χ1n) is 6.79. The Morgan fingerprint density at radius 3 is 2.23 bits per heavy atom. The lowest BCUT2D eigenvalue weighted by molar-refractivity contribution is -0.138. The zero-order chi connectivity index (χ0) is 15.7. The molecule has 0 amide bonds. The highest BCUT2D eigenvalue weighted by molar-refractivity contribution is 5.68. The number of rotatable bonds is 2. The quantitative estimate of drug-likeness (QED) is 0.922. The summed E-state index contributed by atoms with van der Waals surface area (Å²) < 4.78 is 50.2. The number of ether oxygens (including phenoxy) is 2. The second-order valence-electron chi connectivity index (χ2n) is 4.93. The standard InChI is InChI=1S/C16H14F3NO2/c17-16(18,19)13-7-10(1-2-12(13)9-20)11-3-4-14-15(8-11)22-6-5-21-14/h1-4,7-8H,5-6,9,20H2. The van der Waals surface area contributed by atoms with Gasteiger partial charge in [-0.25, -0.2) is 0 Å². The van der Waals surface area contributed by atoms with Crippen LogP contribution in [-0.2, 0) is 12.7 Å². The van der Waals surface area contributed by atoms with Crippen molar-refractivity contribution < 1.29 is 22.6 Å². The second kappa shape index (κ2) is 5.53. The van der Waals surface area contributed by atoms with Crippen LogP contribution in [0.3, 0.4) is 0 Å². The highest BCUT2D eigenvalue weighted by atomic mass is 19.4. The Hall–Kier alpha value is -2.21. The first-order valence-corrected chi connectivity index (χ1v) is 6.79. The van der Waals surface area contributed by atoms with Gasteiger partial charge in [0.15, 0.2) is 11.5 Å². The summed E-state index contributed by atoms with van der Waals surface area (Å²) in [6, 6.07) is 9.26. The first kappa shape index (κ1) is 14.7. The fraction of sp³-hybridized carbons (Fsp3) is 0.250. The van der Waals surface area contributed by atoms with Gasteiger partial charge in [0, 0.05) is 6.54 Å². The number of hydrogen-bond acceptors (Lipinski definition) is 3. The Kier molecular flexibility index (Phi) is 3.70. The van der Waals surface area contributed by atoms with Gasteiger partial charge in [-0.1, -0.05) is 18.2 Å². The van der Waals surface area contributed by atoms with Gasteiger partial charge in [-0.15, -0.1) is 0 Å². The fourth-order valence-electron chi connectivity index (χ4n) is 2.42. The molecule has 0 aliphatic carbocycles. The molecule has 1 aliphatic heterocycles. The Morgan fingerprint density at radius 1 is 0.909 bits per heavy atom. The Balaban J connectivity index is 2.05. The minimum absolute atomic E-state index is 0.0776. The molecule has 1 aliphatic rings. The molecule has 2 N–H and O–H groups in total. The largest absolute Gasteiger partial charge is 0.486 e. The van der Waals surface area contributed by atoms with Crippen molar-refractivity contribution in [1.82, 2.24) is 0 Å². The van der Waals surface area contributed by atoms with Crippen molar-refractivity contribution >= 4 is 0 Å². The summed E-state index contributed by atoms with van der Waals surface area (Å²) in [5, 5.41) is 0. The Labute approximate surface area is 125 Å². The molecule has 0 unspecified atom stereocenters. The van der Waals surface area contributed by atoms with Crippen LogP contribution in [0.2, 0.25) is 0 Å². The van der Waals surface area contributed by atoms with Crippen molar-refractivity contribution in [2.75, 3.05) is 13.2 Å². The number of hydrogen-bond donors (Lipinski definition) is 1. The van der Waals surface area contributed by atoms with E-state index in [1.54, 1.807) is 24.3 Å². The van der Waals surface area contributed by atoms with Crippen LogP contribution in [0, 0.1) is 0 Å². The van der Waals surface area contributed by atoms with Crippen LogP contribution >= 0.6 is 0 Å². The molecule has 22 heavy (non-hydrogen) atoms. The first-order chi connectivity index (χ1) is 10.5. The molecule has 0 spiro atoms. The Bertz CT molecular complexity index is 698. The third-order valence-corrected chi connectivity index (χ3v) is 3.51. The minimum Gasteiger partial charge on any atom is -0.486 e. The summed E-state index contributed by atoms with van der Waals surface area (Å²) in [7, 11) is 0. The molecule has 0 aromatic heterocycles. The fourth-order valence-corrected chi connectivity index (χ4v) is 2.42. The summed E-state index contributed by atoms with van der Waals surface area (Å²) >= 11 is 0. The van der Waals surface area contributed by atoms with E-state index in [4.69, 9.17) is 15.2 Å². The summed E-state index contributed by atoms with van der Waals surface area (Å²) in [5.41, 5.74) is 5.86. The molecule has 116 valence electrons. The summed E-state index contributed by atoms with van der Waals surface area (Å²) in [6.07, 6.45) is -4.43. The SMILES string of the molecule is NCc1ccc(-c2ccc3c(c2)OCCO3)cc1C(F)(F)F. The van der Waals surface area contributed by atoms with Crippen molar-refractivity contribution in [3.8, 4) is 22.6 Å². The van der Waals surface area contributed by atoms with E-state index < -0.39 is 11.7 Å². The molecule has 2 aromatic rings. The molecule has 3 nitrogen and oxygen atoms in total. The molecule has 3 rings (SSSR count). The monoisotopic (exact) mass is 309 g/mol. The molecular formula is C16H14F3NO2. The van der Waals surface area contributed by atoms with Gasteiger partial charge in [0.2, 0.25) is 0 Å². The van der Waals surface area contributed by atoms with E-state index in [0.29, 0.717) is 35.8 Å². The lowest BCUT2D eigenvalue weighted by Gasteiger charge is -2.19. The molecule has 0 atom stereocenters. The summed E-state index contributed by atoms with van der Waals surface area (Å²) in [4.78, 5) is 0. The highest BCUT2D eigenvalue weighted by Crippen LogP contribution is 2.38. The zero-order valence-corrected chi connectivity index (χ0v) is 11.6. The maximum Gasteiger partial charge on any atom is 0.416 e. The molecule has 0 saturated heterocycles. The topological polar surface area (TPSA) is 44.5 Å². The average Bonchev–Trinajstić information content (AvgIpc) is 2.53. The maximum absolute atomic E-state index is 13.1. The van der Waals surface area contributed by atoms with Crippen molar-refractivity contribution in [1.29, 1.82) is 0 Å². The van der Waals surface area contributed by atoms with Crippen LogP contribution in [0.25, 0.3) is 11.1 Å². The van der Waals surface area contributed by atoms with Gasteiger partial charge in [0.05, 0.1) is 5.56 Å². The van der Waals surface area contributed by atoms with E-state index in [0.717, 1.165) is 6.07 Å². The molecule has 2 aromatic carbocycles. The number of alkyl halides is 3. The van der Waals surface area contributed by atoms with E-state index in [-0.39, 0.29) is 12.1 Å². The second-order valence-corrected chi connectivity index (χ2v) is 4.93. The predicted molar refractivity (Wildman–Crippen MR) is 75.8 cm³/mol. The molecular weight excluding hydrogens is 295 g/mol. The van der Waals surface area contributed by atoms with Gasteiger partial charge in [-0.2, -0.15) is 13.2 Å². The third-order valence-electron chi connectivity index (χ3n) is 3.51. The normalized spacial score (nSPS) is 14.0. The Morgan fingerprint density at radius 2 is 1.55 bits per heavy atom. The minimum atomic E-state index is -4.43. The number of halogens is 3. The van der Waals surface area contributed by atoms with Gasteiger partial charge >= 0.3 is 6.18 Å². The number of fused-ring (bicyclic) bond motifs is 1. The van der Waals surface area contributed by atoms with Crippen LogP contribution in [0.4, 0.5) is 13.2 Å². The molecule has 1 heterocycles. The van der Waals surface area contributed by atoms with Crippen molar-refractivity contribution in [2.45, 2.75) is 12.7 Å². The maximum atomic E-state index is 13.1. The molecule has 0 saturated carbocycles. The van der Waals surface area contributed by atoms with E-state index in [2.05, 4.69) is 0 Å². The lowest BCUT2D eigenvalue weighted by Crippen LogP contribution is -2.15.